The predicted octanol–water partition coefficient (Wildman–Crippen LogP) is 1.06. The van der Waals surface area contributed by atoms with Crippen LogP contribution in [-0.2, 0) is 13.1 Å². The third-order valence-electron chi connectivity index (χ3n) is 3.62. The van der Waals surface area contributed by atoms with E-state index in [1.165, 1.54) is 29.9 Å². The number of hydrogen-bond acceptors (Lipinski definition) is 2. The summed E-state index contributed by atoms with van der Waals surface area (Å²) in [4.78, 5) is 4.87. The summed E-state index contributed by atoms with van der Waals surface area (Å²) < 4.78 is 0. The summed E-state index contributed by atoms with van der Waals surface area (Å²) in [6.45, 7) is 6.46. The zero-order valence-electron chi connectivity index (χ0n) is 9.82. The van der Waals surface area contributed by atoms with E-state index in [1.807, 2.05) is 0 Å². The quantitative estimate of drug-likeness (QED) is 0.699. The van der Waals surface area contributed by atoms with Crippen LogP contribution in [0.5, 0.6) is 0 Å². The van der Waals surface area contributed by atoms with Crippen molar-refractivity contribution in [1.82, 2.24) is 10.2 Å². The summed E-state index contributed by atoms with van der Waals surface area (Å²) >= 11 is 0. The zero-order valence-corrected chi connectivity index (χ0v) is 9.82. The SMILES string of the molecule is CN1CCN(c2ccc3c(c2)C[N]C3)CC1. The Labute approximate surface area is 97.0 Å². The monoisotopic (exact) mass is 216 g/mol. The van der Waals surface area contributed by atoms with Gasteiger partial charge in [0.15, 0.2) is 0 Å². The Morgan fingerprint density at radius 2 is 1.75 bits per heavy atom. The van der Waals surface area contributed by atoms with Gasteiger partial charge in [-0.2, -0.15) is 0 Å². The lowest BCUT2D eigenvalue weighted by Crippen LogP contribution is -2.44. The van der Waals surface area contributed by atoms with Gasteiger partial charge in [0, 0.05) is 45.0 Å². The van der Waals surface area contributed by atoms with E-state index in [4.69, 9.17) is 0 Å². The molecule has 0 saturated carbocycles. The van der Waals surface area contributed by atoms with Gasteiger partial charge in [-0.05, 0) is 30.3 Å². The van der Waals surface area contributed by atoms with Gasteiger partial charge in [0.25, 0.3) is 0 Å². The average Bonchev–Trinajstić information content (AvgIpc) is 2.77. The molecule has 1 saturated heterocycles. The van der Waals surface area contributed by atoms with Crippen molar-refractivity contribution in [2.45, 2.75) is 13.1 Å². The van der Waals surface area contributed by atoms with Crippen LogP contribution in [0.15, 0.2) is 18.2 Å². The van der Waals surface area contributed by atoms with Crippen molar-refractivity contribution >= 4 is 5.69 Å². The van der Waals surface area contributed by atoms with E-state index in [0.717, 1.165) is 26.2 Å². The third-order valence-corrected chi connectivity index (χ3v) is 3.62. The van der Waals surface area contributed by atoms with Crippen molar-refractivity contribution in [2.75, 3.05) is 38.1 Å². The van der Waals surface area contributed by atoms with Crippen molar-refractivity contribution in [2.24, 2.45) is 0 Å². The molecule has 1 aromatic carbocycles. The molecule has 1 aromatic rings. The maximum atomic E-state index is 4.42. The Hall–Kier alpha value is -1.06. The van der Waals surface area contributed by atoms with Gasteiger partial charge in [0.2, 0.25) is 0 Å². The fourth-order valence-electron chi connectivity index (χ4n) is 2.47. The van der Waals surface area contributed by atoms with Gasteiger partial charge in [-0.25, -0.2) is 5.32 Å². The molecule has 0 aromatic heterocycles. The molecule has 2 aliphatic rings. The highest BCUT2D eigenvalue weighted by molar-refractivity contribution is 5.52. The minimum absolute atomic E-state index is 0.914. The standard InChI is InChI=1S/C13H18N3/c1-15-4-6-16(7-5-15)13-3-2-11-9-14-10-12(11)8-13/h2-3,8H,4-7,9-10H2,1H3. The minimum Gasteiger partial charge on any atom is -0.369 e. The summed E-state index contributed by atoms with van der Waals surface area (Å²) in [5, 5.41) is 4.42. The van der Waals surface area contributed by atoms with Crippen molar-refractivity contribution in [3.63, 3.8) is 0 Å². The van der Waals surface area contributed by atoms with Gasteiger partial charge >= 0.3 is 0 Å². The Balaban J connectivity index is 1.79. The highest BCUT2D eigenvalue weighted by atomic mass is 15.2. The van der Waals surface area contributed by atoms with E-state index in [1.54, 1.807) is 0 Å². The first-order valence-corrected chi connectivity index (χ1v) is 6.01. The van der Waals surface area contributed by atoms with Gasteiger partial charge in [-0.1, -0.05) is 6.07 Å². The van der Waals surface area contributed by atoms with Gasteiger partial charge in [0.1, 0.15) is 0 Å². The third kappa shape index (κ3) is 1.81. The average molecular weight is 216 g/mol. The molecule has 0 N–H and O–H groups in total. The van der Waals surface area contributed by atoms with E-state index in [0.29, 0.717) is 0 Å². The van der Waals surface area contributed by atoms with Crippen LogP contribution in [0, 0.1) is 0 Å². The van der Waals surface area contributed by atoms with Gasteiger partial charge in [0.05, 0.1) is 0 Å². The molecular formula is C13H18N3. The van der Waals surface area contributed by atoms with Crippen LogP contribution in [0.3, 0.4) is 0 Å². The lowest BCUT2D eigenvalue weighted by Gasteiger charge is -2.34. The molecular weight excluding hydrogens is 198 g/mol. The summed E-state index contributed by atoms with van der Waals surface area (Å²) in [6, 6.07) is 6.83. The number of fused-ring (bicyclic) bond motifs is 1. The summed E-state index contributed by atoms with van der Waals surface area (Å²) in [5.74, 6) is 0. The Bertz CT molecular complexity index is 381. The second-order valence-electron chi connectivity index (χ2n) is 4.78. The van der Waals surface area contributed by atoms with Crippen LogP contribution in [0.2, 0.25) is 0 Å². The molecule has 2 aliphatic heterocycles. The Morgan fingerprint density at radius 1 is 1.00 bits per heavy atom. The molecule has 0 aliphatic carbocycles. The molecule has 1 fully saturated rings. The molecule has 3 nitrogen and oxygen atoms in total. The normalized spacial score (nSPS) is 21.2. The Kier molecular flexibility index (Phi) is 2.58. The van der Waals surface area contributed by atoms with Crippen LogP contribution >= 0.6 is 0 Å². The number of nitrogens with zero attached hydrogens (tertiary/aromatic N) is 3. The Morgan fingerprint density at radius 3 is 2.56 bits per heavy atom. The number of anilines is 1. The number of rotatable bonds is 1. The number of hydrogen-bond donors (Lipinski definition) is 0. The summed E-state index contributed by atoms with van der Waals surface area (Å²) in [5.41, 5.74) is 4.22. The van der Waals surface area contributed by atoms with Crippen molar-refractivity contribution < 1.29 is 0 Å². The maximum Gasteiger partial charge on any atom is 0.0392 e. The number of likely N-dealkylation sites (N-methyl/N-ethyl adjacent to an activating group) is 1. The molecule has 0 spiro atoms. The van der Waals surface area contributed by atoms with Gasteiger partial charge in [-0.3, -0.25) is 0 Å². The van der Waals surface area contributed by atoms with E-state index >= 15 is 0 Å². The van der Waals surface area contributed by atoms with Crippen LogP contribution in [0.4, 0.5) is 5.69 Å². The number of benzene rings is 1. The van der Waals surface area contributed by atoms with E-state index in [9.17, 15) is 0 Å². The van der Waals surface area contributed by atoms with E-state index < -0.39 is 0 Å². The predicted molar refractivity (Wildman–Crippen MR) is 65.7 cm³/mol. The highest BCUT2D eigenvalue weighted by Gasteiger charge is 2.17. The lowest BCUT2D eigenvalue weighted by atomic mass is 10.1. The summed E-state index contributed by atoms with van der Waals surface area (Å²) in [6.07, 6.45) is 0. The topological polar surface area (TPSA) is 20.6 Å². The first kappa shape index (κ1) is 10.1. The van der Waals surface area contributed by atoms with Gasteiger partial charge in [-0.15, -0.1) is 0 Å². The first-order valence-electron chi connectivity index (χ1n) is 6.01. The summed E-state index contributed by atoms with van der Waals surface area (Å²) in [7, 11) is 2.19. The maximum absolute atomic E-state index is 4.42. The molecule has 2 heterocycles. The fraction of sp³-hybridized carbons (Fsp3) is 0.538. The lowest BCUT2D eigenvalue weighted by molar-refractivity contribution is 0.313. The van der Waals surface area contributed by atoms with Crippen LogP contribution < -0.4 is 10.2 Å². The molecule has 0 bridgehead atoms. The fourth-order valence-corrected chi connectivity index (χ4v) is 2.47. The van der Waals surface area contributed by atoms with Crippen LogP contribution in [-0.4, -0.2) is 38.1 Å². The van der Waals surface area contributed by atoms with Crippen molar-refractivity contribution in [1.29, 1.82) is 0 Å². The van der Waals surface area contributed by atoms with Crippen molar-refractivity contribution in [3.05, 3.63) is 29.3 Å². The molecule has 0 atom stereocenters. The van der Waals surface area contributed by atoms with E-state index in [2.05, 4.69) is 40.4 Å². The first-order chi connectivity index (χ1) is 7.83. The molecule has 0 amide bonds. The second-order valence-corrected chi connectivity index (χ2v) is 4.78. The van der Waals surface area contributed by atoms with Crippen molar-refractivity contribution in [3.8, 4) is 0 Å². The van der Waals surface area contributed by atoms with Crippen LogP contribution in [0.25, 0.3) is 0 Å². The van der Waals surface area contributed by atoms with E-state index in [-0.39, 0.29) is 0 Å². The molecule has 0 unspecified atom stereocenters. The molecule has 85 valence electrons. The molecule has 1 radical (unpaired) electrons. The molecule has 3 heteroatoms. The molecule has 3 rings (SSSR count). The van der Waals surface area contributed by atoms with Gasteiger partial charge < -0.3 is 9.80 Å². The largest absolute Gasteiger partial charge is 0.369 e. The minimum atomic E-state index is 0.914. The number of piperazine rings is 1. The second kappa shape index (κ2) is 4.07. The molecule has 16 heavy (non-hydrogen) atoms. The van der Waals surface area contributed by atoms with Crippen LogP contribution in [0.1, 0.15) is 11.1 Å². The zero-order chi connectivity index (χ0) is 11.0. The highest BCUT2D eigenvalue weighted by Crippen LogP contribution is 2.24. The smallest absolute Gasteiger partial charge is 0.0392 e.